The molecular weight excluding hydrogens is 232 g/mol. The molecule has 0 saturated carbocycles. The van der Waals surface area contributed by atoms with E-state index in [-0.39, 0.29) is 0 Å². The summed E-state index contributed by atoms with van der Waals surface area (Å²) in [4.78, 5) is 9.17. The Kier molecular flexibility index (Phi) is 3.26. The van der Waals surface area contributed by atoms with Gasteiger partial charge in [0, 0.05) is 23.0 Å². The number of hydrogen-bond donors (Lipinski definition) is 1. The van der Waals surface area contributed by atoms with Crippen LogP contribution in [-0.2, 0) is 0 Å². The molecule has 2 rings (SSSR count). The molecule has 84 valence electrons. The largest absolute Gasteiger partial charge is 0.398 e. The summed E-state index contributed by atoms with van der Waals surface area (Å²) in [5.41, 5.74) is 8.04. The van der Waals surface area contributed by atoms with Gasteiger partial charge < -0.3 is 5.73 Å². The van der Waals surface area contributed by atoms with Crippen molar-refractivity contribution in [3.8, 4) is 6.07 Å². The molecule has 0 saturated heterocycles. The zero-order valence-electron chi connectivity index (χ0n) is 9.21. The summed E-state index contributed by atoms with van der Waals surface area (Å²) in [6, 6.07) is 7.23. The van der Waals surface area contributed by atoms with Gasteiger partial charge in [0.2, 0.25) is 0 Å². The lowest BCUT2D eigenvalue weighted by molar-refractivity contribution is 0.950. The number of hydrogen-bond acceptors (Lipinski definition) is 5. The number of nitrogen functional groups attached to an aromatic ring is 1. The van der Waals surface area contributed by atoms with Crippen LogP contribution in [0.4, 0.5) is 5.69 Å². The minimum Gasteiger partial charge on any atom is -0.398 e. The van der Waals surface area contributed by atoms with Crippen LogP contribution in [0.1, 0.15) is 11.1 Å². The van der Waals surface area contributed by atoms with Crippen molar-refractivity contribution in [3.63, 3.8) is 0 Å². The molecule has 5 heteroatoms. The number of nitrogens with zero attached hydrogens (tertiary/aromatic N) is 3. The van der Waals surface area contributed by atoms with E-state index in [0.29, 0.717) is 16.4 Å². The van der Waals surface area contributed by atoms with E-state index in [2.05, 4.69) is 16.0 Å². The van der Waals surface area contributed by atoms with Crippen molar-refractivity contribution in [2.24, 2.45) is 0 Å². The van der Waals surface area contributed by atoms with Gasteiger partial charge in [-0.25, -0.2) is 9.97 Å². The zero-order valence-corrected chi connectivity index (χ0v) is 10.0. The molecule has 0 fully saturated rings. The van der Waals surface area contributed by atoms with Crippen LogP contribution in [0.15, 0.2) is 40.6 Å². The molecule has 0 radical (unpaired) electrons. The summed E-state index contributed by atoms with van der Waals surface area (Å²) in [7, 11) is 0. The number of aromatic nitrogens is 2. The molecule has 0 spiro atoms. The zero-order chi connectivity index (χ0) is 12.3. The second kappa shape index (κ2) is 4.85. The minimum atomic E-state index is 0.578. The fourth-order valence-corrected chi connectivity index (χ4v) is 2.00. The molecule has 0 amide bonds. The summed E-state index contributed by atoms with van der Waals surface area (Å²) in [6.07, 6.45) is 3.50. The molecule has 2 aromatic rings. The standard InChI is InChI=1S/C12H10N4S/c1-8-6-15-12(16-7-8)17-11-4-9(5-13)2-3-10(11)14/h2-4,6-7H,14H2,1H3. The van der Waals surface area contributed by atoms with Crippen molar-refractivity contribution in [2.45, 2.75) is 17.0 Å². The van der Waals surface area contributed by atoms with Gasteiger partial charge in [-0.1, -0.05) is 0 Å². The third-order valence-electron chi connectivity index (χ3n) is 2.10. The van der Waals surface area contributed by atoms with E-state index in [9.17, 15) is 0 Å². The Balaban J connectivity index is 2.29. The topological polar surface area (TPSA) is 75.6 Å². The Morgan fingerprint density at radius 1 is 1.29 bits per heavy atom. The molecule has 1 aromatic carbocycles. The average molecular weight is 242 g/mol. The second-order valence-electron chi connectivity index (χ2n) is 3.51. The van der Waals surface area contributed by atoms with Gasteiger partial charge in [-0.3, -0.25) is 0 Å². The first-order chi connectivity index (χ1) is 8.19. The van der Waals surface area contributed by atoms with Gasteiger partial charge >= 0.3 is 0 Å². The maximum atomic E-state index is 8.82. The summed E-state index contributed by atoms with van der Waals surface area (Å²) in [5, 5.41) is 9.45. The fraction of sp³-hybridized carbons (Fsp3) is 0.0833. The van der Waals surface area contributed by atoms with Gasteiger partial charge in [0.1, 0.15) is 0 Å². The highest BCUT2D eigenvalue weighted by atomic mass is 32.2. The van der Waals surface area contributed by atoms with Crippen LogP contribution >= 0.6 is 11.8 Å². The molecule has 4 nitrogen and oxygen atoms in total. The Bertz CT molecular complexity index is 572. The molecule has 0 aliphatic rings. The van der Waals surface area contributed by atoms with Crippen LogP contribution in [0.3, 0.4) is 0 Å². The second-order valence-corrected chi connectivity index (χ2v) is 4.52. The number of aryl methyl sites for hydroxylation is 1. The van der Waals surface area contributed by atoms with Crippen molar-refractivity contribution >= 4 is 17.4 Å². The minimum absolute atomic E-state index is 0.578. The first-order valence-corrected chi connectivity index (χ1v) is 5.77. The Morgan fingerprint density at radius 2 is 2.00 bits per heavy atom. The average Bonchev–Trinajstić information content (AvgIpc) is 2.35. The van der Waals surface area contributed by atoms with Gasteiger partial charge in [-0.05, 0) is 42.4 Å². The van der Waals surface area contributed by atoms with E-state index in [1.807, 2.05) is 6.92 Å². The predicted molar refractivity (Wildman–Crippen MR) is 66.5 cm³/mol. The van der Waals surface area contributed by atoms with E-state index >= 15 is 0 Å². The number of anilines is 1. The van der Waals surface area contributed by atoms with Gasteiger partial charge in [0.15, 0.2) is 5.16 Å². The van der Waals surface area contributed by atoms with Gasteiger partial charge in [-0.2, -0.15) is 5.26 Å². The van der Waals surface area contributed by atoms with E-state index < -0.39 is 0 Å². The Labute approximate surface area is 104 Å². The van der Waals surface area contributed by atoms with Crippen LogP contribution in [0.5, 0.6) is 0 Å². The van der Waals surface area contributed by atoms with E-state index in [1.54, 1.807) is 30.6 Å². The van der Waals surface area contributed by atoms with Gasteiger partial charge in [0.05, 0.1) is 11.6 Å². The van der Waals surface area contributed by atoms with Crippen LogP contribution in [0.2, 0.25) is 0 Å². The van der Waals surface area contributed by atoms with Crippen LogP contribution in [-0.4, -0.2) is 9.97 Å². The Morgan fingerprint density at radius 3 is 2.65 bits per heavy atom. The lowest BCUT2D eigenvalue weighted by atomic mass is 10.2. The number of nitrogens with two attached hydrogens (primary N) is 1. The molecule has 1 aromatic heterocycles. The number of nitriles is 1. The van der Waals surface area contributed by atoms with Crippen molar-refractivity contribution in [2.75, 3.05) is 5.73 Å². The number of rotatable bonds is 2. The first-order valence-electron chi connectivity index (χ1n) is 4.95. The van der Waals surface area contributed by atoms with Crippen LogP contribution in [0.25, 0.3) is 0 Å². The molecule has 0 bridgehead atoms. The molecule has 0 aliphatic carbocycles. The highest BCUT2D eigenvalue weighted by Crippen LogP contribution is 2.30. The third-order valence-corrected chi connectivity index (χ3v) is 3.07. The molecule has 1 heterocycles. The molecule has 17 heavy (non-hydrogen) atoms. The van der Waals surface area contributed by atoms with E-state index in [1.165, 1.54) is 11.8 Å². The van der Waals surface area contributed by atoms with Crippen molar-refractivity contribution < 1.29 is 0 Å². The highest BCUT2D eigenvalue weighted by Gasteiger charge is 2.05. The molecule has 0 unspecified atom stereocenters. The molecule has 0 aliphatic heterocycles. The monoisotopic (exact) mass is 242 g/mol. The van der Waals surface area contributed by atoms with E-state index in [0.717, 1.165) is 10.5 Å². The molecule has 0 atom stereocenters. The summed E-state index contributed by atoms with van der Waals surface area (Å²) in [6.45, 7) is 1.93. The van der Waals surface area contributed by atoms with Gasteiger partial charge in [-0.15, -0.1) is 0 Å². The summed E-state index contributed by atoms with van der Waals surface area (Å²) >= 11 is 1.35. The maximum absolute atomic E-state index is 8.82. The summed E-state index contributed by atoms with van der Waals surface area (Å²) < 4.78 is 0. The lowest BCUT2D eigenvalue weighted by Gasteiger charge is -2.04. The van der Waals surface area contributed by atoms with Crippen molar-refractivity contribution in [1.82, 2.24) is 9.97 Å². The maximum Gasteiger partial charge on any atom is 0.192 e. The lowest BCUT2D eigenvalue weighted by Crippen LogP contribution is -1.91. The van der Waals surface area contributed by atoms with Crippen molar-refractivity contribution in [3.05, 3.63) is 41.7 Å². The van der Waals surface area contributed by atoms with Crippen LogP contribution in [0, 0.1) is 18.3 Å². The smallest absolute Gasteiger partial charge is 0.192 e. The van der Waals surface area contributed by atoms with Crippen LogP contribution < -0.4 is 5.73 Å². The molecule has 2 N–H and O–H groups in total. The first kappa shape index (κ1) is 11.4. The predicted octanol–water partition coefficient (Wildman–Crippen LogP) is 2.39. The quantitative estimate of drug-likeness (QED) is 0.646. The van der Waals surface area contributed by atoms with Gasteiger partial charge in [0.25, 0.3) is 0 Å². The highest BCUT2D eigenvalue weighted by molar-refractivity contribution is 7.99. The summed E-state index contributed by atoms with van der Waals surface area (Å²) in [5.74, 6) is 0. The van der Waals surface area contributed by atoms with E-state index in [4.69, 9.17) is 11.0 Å². The normalized spacial score (nSPS) is 9.88. The fourth-order valence-electron chi connectivity index (χ4n) is 1.22. The van der Waals surface area contributed by atoms with Crippen molar-refractivity contribution in [1.29, 1.82) is 5.26 Å². The Hall–Kier alpha value is -2.06. The number of benzene rings is 1. The molecular formula is C12H10N4S. The third kappa shape index (κ3) is 2.74. The SMILES string of the molecule is Cc1cnc(Sc2cc(C#N)ccc2N)nc1.